The summed E-state index contributed by atoms with van der Waals surface area (Å²) in [6.45, 7) is 4.46. The molecule has 0 saturated carbocycles. The summed E-state index contributed by atoms with van der Waals surface area (Å²) in [6, 6.07) is 10.1. The van der Waals surface area contributed by atoms with Crippen LogP contribution < -0.4 is 10.1 Å². The fourth-order valence-corrected chi connectivity index (χ4v) is 3.80. The molecule has 0 saturated heterocycles. The Labute approximate surface area is 192 Å². The zero-order valence-corrected chi connectivity index (χ0v) is 18.8. The lowest BCUT2D eigenvalue weighted by Crippen LogP contribution is -2.18. The van der Waals surface area contributed by atoms with Crippen LogP contribution in [0.15, 0.2) is 47.6 Å². The van der Waals surface area contributed by atoms with Crippen molar-refractivity contribution < 1.29 is 22.7 Å². The number of hydrogen-bond acceptors (Lipinski definition) is 5. The highest BCUT2D eigenvalue weighted by atomic mass is 35.5. The number of nitrogens with zero attached hydrogens (tertiary/aromatic N) is 3. The predicted molar refractivity (Wildman–Crippen MR) is 117 cm³/mol. The van der Waals surface area contributed by atoms with E-state index in [0.717, 1.165) is 23.4 Å². The number of amides is 1. The lowest BCUT2D eigenvalue weighted by atomic mass is 10.1. The number of rotatable bonds is 8. The van der Waals surface area contributed by atoms with E-state index in [-0.39, 0.29) is 18.0 Å². The summed E-state index contributed by atoms with van der Waals surface area (Å²) in [5, 5.41) is 11.6. The Morgan fingerprint density at radius 2 is 1.97 bits per heavy atom. The first-order valence-electron chi connectivity index (χ1n) is 9.59. The van der Waals surface area contributed by atoms with Crippen LogP contribution in [0.2, 0.25) is 5.02 Å². The van der Waals surface area contributed by atoms with E-state index in [0.29, 0.717) is 28.3 Å². The van der Waals surface area contributed by atoms with Crippen molar-refractivity contribution in [3.63, 3.8) is 0 Å². The fourth-order valence-electron chi connectivity index (χ4n) is 2.86. The number of carbonyl (C=O) groups is 1. The maximum atomic E-state index is 13.1. The van der Waals surface area contributed by atoms with Crippen molar-refractivity contribution in [2.24, 2.45) is 0 Å². The van der Waals surface area contributed by atoms with Crippen molar-refractivity contribution in [3.8, 4) is 5.75 Å². The smallest absolute Gasteiger partial charge is 0.418 e. The molecule has 1 N–H and O–H groups in total. The molecule has 0 atom stereocenters. The number of anilines is 1. The van der Waals surface area contributed by atoms with Crippen molar-refractivity contribution in [1.29, 1.82) is 0 Å². The SMILES string of the molecule is CCn1c(COc2ccc(Cl)c(C)c2)nnc1SCC(=O)Nc1ccccc1C(F)(F)F. The van der Waals surface area contributed by atoms with Crippen LogP contribution in [0.25, 0.3) is 0 Å². The molecule has 11 heteroatoms. The molecule has 0 fully saturated rings. The Morgan fingerprint density at radius 1 is 1.22 bits per heavy atom. The number of ether oxygens (including phenoxy) is 1. The number of hydrogen-bond donors (Lipinski definition) is 1. The average Bonchev–Trinajstić information content (AvgIpc) is 3.14. The number of aromatic nitrogens is 3. The van der Waals surface area contributed by atoms with Gasteiger partial charge in [-0.3, -0.25) is 4.79 Å². The Bertz CT molecular complexity index is 1100. The maximum absolute atomic E-state index is 13.1. The molecule has 6 nitrogen and oxygen atoms in total. The summed E-state index contributed by atoms with van der Waals surface area (Å²) in [6.07, 6.45) is -4.56. The van der Waals surface area contributed by atoms with Gasteiger partial charge in [0, 0.05) is 11.6 Å². The monoisotopic (exact) mass is 484 g/mol. The zero-order chi connectivity index (χ0) is 23.3. The number of para-hydroxylation sites is 1. The van der Waals surface area contributed by atoms with E-state index in [9.17, 15) is 18.0 Å². The van der Waals surface area contributed by atoms with E-state index in [2.05, 4.69) is 15.5 Å². The minimum atomic E-state index is -4.56. The van der Waals surface area contributed by atoms with Crippen LogP contribution >= 0.6 is 23.4 Å². The molecular formula is C21H20ClF3N4O2S. The van der Waals surface area contributed by atoms with Crippen LogP contribution in [0.5, 0.6) is 5.75 Å². The molecule has 2 aromatic carbocycles. The van der Waals surface area contributed by atoms with Crippen LogP contribution in [-0.2, 0) is 24.1 Å². The summed E-state index contributed by atoms with van der Waals surface area (Å²) in [5.41, 5.74) is -0.294. The van der Waals surface area contributed by atoms with Crippen LogP contribution in [0.4, 0.5) is 18.9 Å². The van der Waals surface area contributed by atoms with Crippen molar-refractivity contribution in [3.05, 3.63) is 64.4 Å². The van der Waals surface area contributed by atoms with Gasteiger partial charge in [0.05, 0.1) is 17.0 Å². The van der Waals surface area contributed by atoms with Crippen LogP contribution in [0, 0.1) is 6.92 Å². The molecule has 0 spiro atoms. The van der Waals surface area contributed by atoms with Crippen molar-refractivity contribution in [1.82, 2.24) is 14.8 Å². The second kappa shape index (κ2) is 10.3. The van der Waals surface area contributed by atoms with Crippen molar-refractivity contribution in [2.45, 2.75) is 38.3 Å². The number of aryl methyl sites for hydroxylation is 1. The van der Waals surface area contributed by atoms with Crippen molar-refractivity contribution in [2.75, 3.05) is 11.1 Å². The van der Waals surface area contributed by atoms with E-state index >= 15 is 0 Å². The summed E-state index contributed by atoms with van der Waals surface area (Å²) < 4.78 is 46.8. The van der Waals surface area contributed by atoms with E-state index < -0.39 is 17.6 Å². The average molecular weight is 485 g/mol. The van der Waals surface area contributed by atoms with Gasteiger partial charge in [-0.25, -0.2) is 0 Å². The highest BCUT2D eigenvalue weighted by Gasteiger charge is 2.33. The topological polar surface area (TPSA) is 69.0 Å². The quantitative estimate of drug-likeness (QED) is 0.422. The Morgan fingerprint density at radius 3 is 2.66 bits per heavy atom. The fraction of sp³-hybridized carbons (Fsp3) is 0.286. The van der Waals surface area contributed by atoms with Crippen LogP contribution in [0.3, 0.4) is 0 Å². The van der Waals surface area contributed by atoms with Gasteiger partial charge in [0.2, 0.25) is 5.91 Å². The molecular weight excluding hydrogens is 465 g/mol. The summed E-state index contributed by atoms with van der Waals surface area (Å²) in [7, 11) is 0. The number of thioether (sulfide) groups is 1. The number of alkyl halides is 3. The zero-order valence-electron chi connectivity index (χ0n) is 17.2. The first-order chi connectivity index (χ1) is 15.2. The van der Waals surface area contributed by atoms with E-state index in [1.54, 1.807) is 16.7 Å². The Kier molecular flexibility index (Phi) is 7.68. The Balaban J connectivity index is 1.62. The van der Waals surface area contributed by atoms with Crippen LogP contribution in [0.1, 0.15) is 23.9 Å². The molecule has 0 unspecified atom stereocenters. The molecule has 0 radical (unpaired) electrons. The second-order valence-corrected chi connectivity index (χ2v) is 8.07. The van der Waals surface area contributed by atoms with Gasteiger partial charge in [-0.1, -0.05) is 35.5 Å². The van der Waals surface area contributed by atoms with E-state index in [1.807, 2.05) is 19.9 Å². The number of nitrogens with one attached hydrogen (secondary N) is 1. The minimum Gasteiger partial charge on any atom is -0.486 e. The number of carbonyl (C=O) groups excluding carboxylic acids is 1. The normalized spacial score (nSPS) is 11.4. The van der Waals surface area contributed by atoms with Crippen LogP contribution in [-0.4, -0.2) is 26.4 Å². The van der Waals surface area contributed by atoms with Gasteiger partial charge in [0.15, 0.2) is 11.0 Å². The van der Waals surface area contributed by atoms with Gasteiger partial charge in [-0.2, -0.15) is 13.2 Å². The third-order valence-corrected chi connectivity index (χ3v) is 5.84. The lowest BCUT2D eigenvalue weighted by Gasteiger charge is -2.13. The van der Waals surface area contributed by atoms with Gasteiger partial charge < -0.3 is 14.6 Å². The number of benzene rings is 2. The summed E-state index contributed by atoms with van der Waals surface area (Å²) in [4.78, 5) is 12.2. The standard InChI is InChI=1S/C21H20ClF3N4O2S/c1-3-29-18(11-31-14-8-9-16(22)13(2)10-14)27-28-20(29)32-12-19(30)26-17-7-5-4-6-15(17)21(23,24)25/h4-10H,3,11-12H2,1-2H3,(H,26,30). The summed E-state index contributed by atoms with van der Waals surface area (Å²) in [5.74, 6) is 0.494. The molecule has 3 rings (SSSR count). The van der Waals surface area contributed by atoms with Gasteiger partial charge >= 0.3 is 6.18 Å². The lowest BCUT2D eigenvalue weighted by molar-refractivity contribution is -0.137. The minimum absolute atomic E-state index is 0.123. The molecule has 1 aromatic heterocycles. The second-order valence-electron chi connectivity index (χ2n) is 6.72. The number of halogens is 4. The summed E-state index contributed by atoms with van der Waals surface area (Å²) >= 11 is 7.10. The molecule has 0 aliphatic carbocycles. The largest absolute Gasteiger partial charge is 0.486 e. The van der Waals surface area contributed by atoms with Gasteiger partial charge in [0.25, 0.3) is 0 Å². The molecule has 0 aliphatic rings. The van der Waals surface area contributed by atoms with Gasteiger partial charge in [-0.05, 0) is 49.7 Å². The van der Waals surface area contributed by atoms with E-state index in [4.69, 9.17) is 16.3 Å². The molecule has 0 aliphatic heterocycles. The highest BCUT2D eigenvalue weighted by Crippen LogP contribution is 2.34. The molecule has 0 bridgehead atoms. The van der Waals surface area contributed by atoms with Gasteiger partial charge in [-0.15, -0.1) is 10.2 Å². The van der Waals surface area contributed by atoms with E-state index in [1.165, 1.54) is 18.2 Å². The first-order valence-corrected chi connectivity index (χ1v) is 10.9. The molecule has 32 heavy (non-hydrogen) atoms. The third-order valence-electron chi connectivity index (χ3n) is 4.45. The van der Waals surface area contributed by atoms with Gasteiger partial charge in [0.1, 0.15) is 12.4 Å². The highest BCUT2D eigenvalue weighted by molar-refractivity contribution is 7.99. The van der Waals surface area contributed by atoms with Crippen molar-refractivity contribution >= 4 is 35.0 Å². The molecule has 1 amide bonds. The third kappa shape index (κ3) is 5.95. The Hall–Kier alpha value is -2.72. The predicted octanol–water partition coefficient (Wildman–Crippen LogP) is 5.59. The molecule has 170 valence electrons. The molecule has 3 aromatic rings. The molecule has 1 heterocycles. The maximum Gasteiger partial charge on any atom is 0.418 e. The first kappa shape index (κ1) is 23.9.